The number of nitrogens with zero attached hydrogens (tertiary/aromatic N) is 2. The van der Waals surface area contributed by atoms with Gasteiger partial charge in [-0.25, -0.2) is 13.8 Å². The number of alkyl halides is 2. The highest BCUT2D eigenvalue weighted by Crippen LogP contribution is 2.31. The second kappa shape index (κ2) is 11.5. The zero-order valence-corrected chi connectivity index (χ0v) is 21.3. The molecule has 2 N–H and O–H groups in total. The summed E-state index contributed by atoms with van der Waals surface area (Å²) in [7, 11) is 0. The van der Waals surface area contributed by atoms with Gasteiger partial charge in [0.05, 0.1) is 12.5 Å². The van der Waals surface area contributed by atoms with Gasteiger partial charge >= 0.3 is 0 Å². The molecule has 0 fully saturated rings. The van der Waals surface area contributed by atoms with Crippen molar-refractivity contribution in [2.45, 2.75) is 38.7 Å². The van der Waals surface area contributed by atoms with Crippen LogP contribution in [0.15, 0.2) is 85.2 Å². The summed E-state index contributed by atoms with van der Waals surface area (Å²) in [5.74, 6) is -2.47. The number of hydrogen-bond donors (Lipinski definition) is 2. The third-order valence-corrected chi connectivity index (χ3v) is 6.26. The molecule has 0 aliphatic carbocycles. The molecule has 0 saturated carbocycles. The Morgan fingerprint density at radius 2 is 1.70 bits per heavy atom. The van der Waals surface area contributed by atoms with Gasteiger partial charge in [-0.05, 0) is 42.3 Å². The lowest BCUT2D eigenvalue weighted by atomic mass is 10.0. The van der Waals surface area contributed by atoms with Crippen molar-refractivity contribution >= 4 is 29.0 Å². The van der Waals surface area contributed by atoms with E-state index >= 15 is 0 Å². The van der Waals surface area contributed by atoms with E-state index in [0.717, 1.165) is 11.1 Å². The first-order valence-electron chi connectivity index (χ1n) is 12.0. The number of hydrogen-bond acceptors (Lipinski definition) is 4. The maximum absolute atomic E-state index is 13.8. The van der Waals surface area contributed by atoms with Gasteiger partial charge in [-0.15, -0.1) is 0 Å². The van der Waals surface area contributed by atoms with Crippen molar-refractivity contribution in [3.63, 3.8) is 0 Å². The fourth-order valence-corrected chi connectivity index (χ4v) is 4.09. The Labute approximate surface area is 219 Å². The number of halogens is 3. The van der Waals surface area contributed by atoms with Crippen LogP contribution < -0.4 is 10.6 Å². The Morgan fingerprint density at radius 3 is 2.38 bits per heavy atom. The van der Waals surface area contributed by atoms with E-state index in [1.807, 2.05) is 43.3 Å². The van der Waals surface area contributed by atoms with Crippen LogP contribution in [0, 0.1) is 0 Å². The molecule has 0 saturated heterocycles. The van der Waals surface area contributed by atoms with E-state index in [2.05, 4.69) is 20.6 Å². The van der Waals surface area contributed by atoms with E-state index in [1.165, 1.54) is 19.1 Å². The number of anilines is 2. The van der Waals surface area contributed by atoms with Crippen molar-refractivity contribution < 1.29 is 13.6 Å². The number of nitrogens with one attached hydrogen (secondary N) is 2. The zero-order valence-electron chi connectivity index (χ0n) is 20.5. The molecule has 3 aromatic carbocycles. The molecule has 8 heteroatoms. The molecule has 1 unspecified atom stereocenters. The minimum Gasteiger partial charge on any atom is -0.362 e. The number of benzene rings is 3. The lowest BCUT2D eigenvalue weighted by Crippen LogP contribution is -2.15. The first kappa shape index (κ1) is 26.2. The molecule has 0 aliphatic heterocycles. The van der Waals surface area contributed by atoms with Crippen LogP contribution in [0.1, 0.15) is 43.0 Å². The summed E-state index contributed by atoms with van der Waals surface area (Å²) < 4.78 is 27.6. The van der Waals surface area contributed by atoms with E-state index in [-0.39, 0.29) is 30.4 Å². The summed E-state index contributed by atoms with van der Waals surface area (Å²) in [6.45, 7) is 3.46. The highest BCUT2D eigenvalue weighted by molar-refractivity contribution is 6.30. The topological polar surface area (TPSA) is 66.9 Å². The molecule has 1 heterocycles. The Bertz CT molecular complexity index is 1360. The lowest BCUT2D eigenvalue weighted by Gasteiger charge is -2.17. The number of amides is 1. The van der Waals surface area contributed by atoms with Crippen molar-refractivity contribution in [1.29, 1.82) is 0 Å². The van der Waals surface area contributed by atoms with Crippen LogP contribution in [0.3, 0.4) is 0 Å². The quantitative estimate of drug-likeness (QED) is 0.238. The van der Waals surface area contributed by atoms with E-state index < -0.39 is 5.92 Å². The van der Waals surface area contributed by atoms with Crippen molar-refractivity contribution in [2.75, 3.05) is 10.6 Å². The fourth-order valence-electron chi connectivity index (χ4n) is 3.89. The van der Waals surface area contributed by atoms with Crippen LogP contribution in [-0.4, -0.2) is 15.9 Å². The van der Waals surface area contributed by atoms with Crippen LogP contribution >= 0.6 is 11.6 Å². The molecule has 0 aliphatic rings. The molecule has 190 valence electrons. The normalized spacial score (nSPS) is 12.1. The Balaban J connectivity index is 1.41. The van der Waals surface area contributed by atoms with Gasteiger partial charge in [0, 0.05) is 40.7 Å². The van der Waals surface area contributed by atoms with E-state index in [1.54, 1.807) is 36.7 Å². The molecule has 1 amide bonds. The number of aromatic nitrogens is 2. The van der Waals surface area contributed by atoms with Crippen LogP contribution in [0.2, 0.25) is 5.02 Å². The van der Waals surface area contributed by atoms with E-state index in [9.17, 15) is 13.6 Å². The van der Waals surface area contributed by atoms with Crippen molar-refractivity contribution in [3.05, 3.63) is 107 Å². The number of rotatable bonds is 9. The van der Waals surface area contributed by atoms with Crippen molar-refractivity contribution in [2.24, 2.45) is 0 Å². The smallest absolute Gasteiger partial charge is 0.273 e. The van der Waals surface area contributed by atoms with E-state index in [0.29, 0.717) is 27.8 Å². The minimum atomic E-state index is -2.87. The average molecular weight is 521 g/mol. The molecule has 37 heavy (non-hydrogen) atoms. The predicted molar refractivity (Wildman–Crippen MR) is 144 cm³/mol. The second-order valence-electron chi connectivity index (χ2n) is 8.73. The molecule has 0 bridgehead atoms. The first-order valence-corrected chi connectivity index (χ1v) is 12.3. The van der Waals surface area contributed by atoms with Gasteiger partial charge in [0.2, 0.25) is 5.91 Å². The molecular formula is C29H27ClF2N4O. The van der Waals surface area contributed by atoms with Gasteiger partial charge in [-0.1, -0.05) is 67.1 Å². The molecular weight excluding hydrogens is 494 g/mol. The SMILES string of the molecule is CCC(F)(F)c1ccc(CC(=O)Nc2ccc(-c3nccnc3NC(C)c3cccc(Cl)c3)cc2)cc1. The third kappa shape index (κ3) is 6.68. The molecule has 1 aromatic heterocycles. The van der Waals surface area contributed by atoms with Crippen LogP contribution in [-0.2, 0) is 17.1 Å². The maximum Gasteiger partial charge on any atom is 0.273 e. The van der Waals surface area contributed by atoms with Crippen LogP contribution in [0.4, 0.5) is 20.3 Å². The van der Waals surface area contributed by atoms with Crippen LogP contribution in [0.5, 0.6) is 0 Å². The zero-order chi connectivity index (χ0) is 26.4. The molecule has 1 atom stereocenters. The monoisotopic (exact) mass is 520 g/mol. The van der Waals surface area contributed by atoms with Gasteiger partial charge in [-0.3, -0.25) is 9.78 Å². The minimum absolute atomic E-state index is 0.0463. The Morgan fingerprint density at radius 1 is 1.00 bits per heavy atom. The summed E-state index contributed by atoms with van der Waals surface area (Å²) in [6, 6.07) is 20.8. The molecule has 5 nitrogen and oxygen atoms in total. The fraction of sp³-hybridized carbons (Fsp3) is 0.207. The molecule has 0 spiro atoms. The van der Waals surface area contributed by atoms with Gasteiger partial charge in [0.1, 0.15) is 5.69 Å². The van der Waals surface area contributed by atoms with Gasteiger partial charge in [0.15, 0.2) is 5.82 Å². The third-order valence-electron chi connectivity index (χ3n) is 6.03. The summed E-state index contributed by atoms with van der Waals surface area (Å²) >= 11 is 6.13. The molecule has 4 aromatic rings. The van der Waals surface area contributed by atoms with Crippen molar-refractivity contribution in [3.8, 4) is 11.3 Å². The Hall–Kier alpha value is -3.84. The summed E-state index contributed by atoms with van der Waals surface area (Å²) in [5, 5.41) is 6.91. The molecule has 0 radical (unpaired) electrons. The highest BCUT2D eigenvalue weighted by Gasteiger charge is 2.28. The van der Waals surface area contributed by atoms with Crippen molar-refractivity contribution in [1.82, 2.24) is 9.97 Å². The second-order valence-corrected chi connectivity index (χ2v) is 9.17. The number of carbonyl (C=O) groups excluding carboxylic acids is 1. The Kier molecular flexibility index (Phi) is 8.14. The predicted octanol–water partition coefficient (Wildman–Crippen LogP) is 7.65. The average Bonchev–Trinajstić information content (AvgIpc) is 2.90. The maximum atomic E-state index is 13.8. The summed E-state index contributed by atoms with van der Waals surface area (Å²) in [5.41, 5.74) is 3.77. The standard InChI is InChI=1S/C29H27ClF2N4O/c1-3-29(31,32)23-11-7-20(8-12-23)17-26(37)36-25-13-9-21(10-14-25)27-28(34-16-15-33-27)35-19(2)22-5-4-6-24(30)18-22/h4-16,18-19H,3,17H2,1-2H3,(H,34,35)(H,36,37). The van der Waals surface area contributed by atoms with Gasteiger partial charge in [-0.2, -0.15) is 0 Å². The summed E-state index contributed by atoms with van der Waals surface area (Å²) in [6.07, 6.45) is 3.07. The number of carbonyl (C=O) groups is 1. The van der Waals surface area contributed by atoms with E-state index in [4.69, 9.17) is 11.6 Å². The van der Waals surface area contributed by atoms with Crippen LogP contribution in [0.25, 0.3) is 11.3 Å². The summed E-state index contributed by atoms with van der Waals surface area (Å²) in [4.78, 5) is 21.5. The largest absolute Gasteiger partial charge is 0.362 e. The van der Waals surface area contributed by atoms with Gasteiger partial charge in [0.25, 0.3) is 5.92 Å². The lowest BCUT2D eigenvalue weighted by molar-refractivity contribution is -0.115. The molecule has 4 rings (SSSR count). The van der Waals surface area contributed by atoms with Gasteiger partial charge < -0.3 is 10.6 Å². The highest BCUT2D eigenvalue weighted by atomic mass is 35.5. The first-order chi connectivity index (χ1) is 17.7.